The molecule has 0 unspecified atom stereocenters. The molecule has 0 saturated carbocycles. The summed E-state index contributed by atoms with van der Waals surface area (Å²) in [4.78, 5) is 24.0. The minimum atomic E-state index is -0.266. The summed E-state index contributed by atoms with van der Waals surface area (Å²) < 4.78 is 11.2. The lowest BCUT2D eigenvalue weighted by Crippen LogP contribution is -2.31. The summed E-state index contributed by atoms with van der Waals surface area (Å²) in [7, 11) is 0. The van der Waals surface area contributed by atoms with E-state index < -0.39 is 0 Å². The molecule has 2 aromatic rings. The third-order valence-corrected chi connectivity index (χ3v) is 4.66. The van der Waals surface area contributed by atoms with Crippen molar-refractivity contribution in [1.82, 2.24) is 9.97 Å². The van der Waals surface area contributed by atoms with Crippen LogP contribution in [0.3, 0.4) is 0 Å². The van der Waals surface area contributed by atoms with Gasteiger partial charge in [0.15, 0.2) is 0 Å². The Morgan fingerprint density at radius 1 is 1.14 bits per heavy atom. The van der Waals surface area contributed by atoms with Crippen LogP contribution in [0.1, 0.15) is 49.2 Å². The molecule has 1 fully saturated rings. The minimum absolute atomic E-state index is 0.266. The van der Waals surface area contributed by atoms with Crippen molar-refractivity contribution in [1.29, 1.82) is 0 Å². The van der Waals surface area contributed by atoms with E-state index in [9.17, 15) is 4.79 Å². The van der Waals surface area contributed by atoms with E-state index in [2.05, 4.69) is 20.2 Å². The number of rotatable bonds is 7. The van der Waals surface area contributed by atoms with E-state index in [0.717, 1.165) is 25.9 Å². The SMILES string of the molecule is CCOc1ccc(OCC)c(NC(=O)c2cnc(N3CCCCC3)nc2C)c1. The molecule has 1 N–H and O–H groups in total. The van der Waals surface area contributed by atoms with E-state index in [1.807, 2.05) is 26.8 Å². The van der Waals surface area contributed by atoms with E-state index in [4.69, 9.17) is 9.47 Å². The molecule has 1 amide bonds. The largest absolute Gasteiger partial charge is 0.494 e. The van der Waals surface area contributed by atoms with Crippen LogP contribution in [0.5, 0.6) is 11.5 Å². The lowest BCUT2D eigenvalue weighted by Gasteiger charge is -2.26. The van der Waals surface area contributed by atoms with E-state index >= 15 is 0 Å². The fraction of sp³-hybridized carbons (Fsp3) is 0.476. The van der Waals surface area contributed by atoms with Gasteiger partial charge in [-0.2, -0.15) is 0 Å². The second kappa shape index (κ2) is 9.39. The number of carbonyl (C=O) groups is 1. The highest BCUT2D eigenvalue weighted by Crippen LogP contribution is 2.30. The summed E-state index contributed by atoms with van der Waals surface area (Å²) >= 11 is 0. The molecule has 1 saturated heterocycles. The lowest BCUT2D eigenvalue weighted by molar-refractivity contribution is 0.102. The first-order chi connectivity index (χ1) is 13.6. The highest BCUT2D eigenvalue weighted by Gasteiger charge is 2.18. The first-order valence-corrected chi connectivity index (χ1v) is 9.92. The van der Waals surface area contributed by atoms with Crippen LogP contribution in [0.4, 0.5) is 11.6 Å². The number of hydrogen-bond acceptors (Lipinski definition) is 6. The molecule has 7 nitrogen and oxygen atoms in total. The maximum absolute atomic E-state index is 12.8. The number of carbonyl (C=O) groups excluding carboxylic acids is 1. The Labute approximate surface area is 166 Å². The maximum Gasteiger partial charge on any atom is 0.259 e. The smallest absolute Gasteiger partial charge is 0.259 e. The molecule has 150 valence electrons. The van der Waals surface area contributed by atoms with Crippen LogP contribution in [0.2, 0.25) is 0 Å². The van der Waals surface area contributed by atoms with Gasteiger partial charge in [-0.05, 0) is 52.2 Å². The van der Waals surface area contributed by atoms with Crippen molar-refractivity contribution in [2.45, 2.75) is 40.0 Å². The van der Waals surface area contributed by atoms with Gasteiger partial charge in [-0.25, -0.2) is 9.97 Å². The highest BCUT2D eigenvalue weighted by molar-refractivity contribution is 6.05. The number of nitrogens with one attached hydrogen (secondary N) is 1. The fourth-order valence-electron chi connectivity index (χ4n) is 3.26. The van der Waals surface area contributed by atoms with Crippen molar-refractivity contribution >= 4 is 17.5 Å². The molecule has 1 aliphatic heterocycles. The molecule has 0 spiro atoms. The van der Waals surface area contributed by atoms with Crippen molar-refractivity contribution in [3.05, 3.63) is 35.7 Å². The number of piperidine rings is 1. The van der Waals surface area contributed by atoms with Gasteiger partial charge in [0.2, 0.25) is 5.95 Å². The first-order valence-electron chi connectivity index (χ1n) is 9.92. The topological polar surface area (TPSA) is 76.6 Å². The monoisotopic (exact) mass is 384 g/mol. The predicted octanol–water partition coefficient (Wildman–Crippen LogP) is 3.83. The van der Waals surface area contributed by atoms with Crippen molar-refractivity contribution in [3.63, 3.8) is 0 Å². The molecular formula is C21H28N4O3. The Kier molecular flexibility index (Phi) is 6.68. The normalized spacial score (nSPS) is 13.9. The van der Waals surface area contributed by atoms with Crippen LogP contribution in [0, 0.1) is 6.92 Å². The Balaban J connectivity index is 1.79. The third-order valence-electron chi connectivity index (χ3n) is 4.66. The third kappa shape index (κ3) is 4.71. The first kappa shape index (κ1) is 19.9. The molecule has 28 heavy (non-hydrogen) atoms. The van der Waals surface area contributed by atoms with Gasteiger partial charge in [0, 0.05) is 25.4 Å². The number of aromatic nitrogens is 2. The molecule has 0 atom stereocenters. The van der Waals surface area contributed by atoms with Crippen molar-refractivity contribution < 1.29 is 14.3 Å². The number of aryl methyl sites for hydroxylation is 1. The Bertz CT molecular complexity index is 819. The summed E-state index contributed by atoms with van der Waals surface area (Å²) in [6.07, 6.45) is 5.16. The Hall–Kier alpha value is -2.83. The quantitative estimate of drug-likeness (QED) is 0.782. The van der Waals surface area contributed by atoms with Crippen LogP contribution in [0.25, 0.3) is 0 Å². The number of hydrogen-bond donors (Lipinski definition) is 1. The summed E-state index contributed by atoms with van der Waals surface area (Å²) in [6.45, 7) is 8.64. The van der Waals surface area contributed by atoms with E-state index in [1.165, 1.54) is 6.42 Å². The van der Waals surface area contributed by atoms with Crippen LogP contribution in [0.15, 0.2) is 24.4 Å². The molecule has 3 rings (SSSR count). The van der Waals surface area contributed by atoms with Gasteiger partial charge in [-0.15, -0.1) is 0 Å². The van der Waals surface area contributed by atoms with Crippen molar-refractivity contribution in [2.75, 3.05) is 36.5 Å². The average molecular weight is 384 g/mol. The number of anilines is 2. The number of nitrogens with zero attached hydrogens (tertiary/aromatic N) is 3. The molecule has 1 aliphatic rings. The Morgan fingerprint density at radius 2 is 1.89 bits per heavy atom. The number of ether oxygens (including phenoxy) is 2. The van der Waals surface area contributed by atoms with Gasteiger partial charge in [-0.3, -0.25) is 4.79 Å². The van der Waals surface area contributed by atoms with Gasteiger partial charge in [0.25, 0.3) is 5.91 Å². The highest BCUT2D eigenvalue weighted by atomic mass is 16.5. The lowest BCUT2D eigenvalue weighted by atomic mass is 10.1. The summed E-state index contributed by atoms with van der Waals surface area (Å²) in [5, 5.41) is 2.91. The summed E-state index contributed by atoms with van der Waals surface area (Å²) in [5.74, 6) is 1.71. The summed E-state index contributed by atoms with van der Waals surface area (Å²) in [6, 6.07) is 5.39. The molecule has 1 aromatic carbocycles. The van der Waals surface area contributed by atoms with E-state index in [0.29, 0.717) is 47.6 Å². The molecule has 7 heteroatoms. The molecule has 2 heterocycles. The molecule has 0 bridgehead atoms. The average Bonchev–Trinajstić information content (AvgIpc) is 2.71. The maximum atomic E-state index is 12.8. The fourth-order valence-corrected chi connectivity index (χ4v) is 3.26. The molecule has 0 aliphatic carbocycles. The van der Waals surface area contributed by atoms with Crippen LogP contribution < -0.4 is 19.7 Å². The zero-order chi connectivity index (χ0) is 19.9. The van der Waals surface area contributed by atoms with Gasteiger partial charge in [0.1, 0.15) is 11.5 Å². The standard InChI is InChI=1S/C21H28N4O3/c1-4-27-16-9-10-19(28-5-2)18(13-16)24-20(26)17-14-22-21(23-15(17)3)25-11-7-6-8-12-25/h9-10,13-14H,4-8,11-12H2,1-3H3,(H,24,26). The van der Waals surface area contributed by atoms with Crippen molar-refractivity contribution in [2.24, 2.45) is 0 Å². The van der Waals surface area contributed by atoms with E-state index in [1.54, 1.807) is 18.3 Å². The van der Waals surface area contributed by atoms with Crippen LogP contribution in [-0.4, -0.2) is 42.2 Å². The Morgan fingerprint density at radius 3 is 2.57 bits per heavy atom. The minimum Gasteiger partial charge on any atom is -0.494 e. The van der Waals surface area contributed by atoms with Gasteiger partial charge in [0.05, 0.1) is 30.2 Å². The molecular weight excluding hydrogens is 356 g/mol. The molecule has 1 aromatic heterocycles. The molecule has 0 radical (unpaired) electrons. The van der Waals surface area contributed by atoms with Crippen molar-refractivity contribution in [3.8, 4) is 11.5 Å². The van der Waals surface area contributed by atoms with E-state index in [-0.39, 0.29) is 5.91 Å². The number of amides is 1. The van der Waals surface area contributed by atoms with Gasteiger partial charge in [-0.1, -0.05) is 0 Å². The second-order valence-electron chi connectivity index (χ2n) is 6.69. The number of benzene rings is 1. The zero-order valence-electron chi connectivity index (χ0n) is 16.8. The predicted molar refractivity (Wildman–Crippen MR) is 110 cm³/mol. The second-order valence-corrected chi connectivity index (χ2v) is 6.69. The zero-order valence-corrected chi connectivity index (χ0v) is 16.8. The van der Waals surface area contributed by atoms with Crippen LogP contribution in [-0.2, 0) is 0 Å². The summed E-state index contributed by atoms with van der Waals surface area (Å²) in [5.41, 5.74) is 1.68. The van der Waals surface area contributed by atoms with Crippen LogP contribution >= 0.6 is 0 Å². The van der Waals surface area contributed by atoms with Gasteiger partial charge >= 0.3 is 0 Å². The van der Waals surface area contributed by atoms with Gasteiger partial charge < -0.3 is 19.7 Å².